The van der Waals surface area contributed by atoms with Crippen LogP contribution in [0.3, 0.4) is 0 Å². The average Bonchev–Trinajstić information content (AvgIpc) is 2.77. The monoisotopic (exact) mass is 265 g/mol. The largest absolute Gasteiger partial charge is 0.343 e. The summed E-state index contributed by atoms with van der Waals surface area (Å²) in [6.07, 6.45) is 3.89. The lowest BCUT2D eigenvalue weighted by Gasteiger charge is -2.16. The summed E-state index contributed by atoms with van der Waals surface area (Å²) < 4.78 is 0. The van der Waals surface area contributed by atoms with Crippen LogP contribution in [0.5, 0.6) is 0 Å². The van der Waals surface area contributed by atoms with Crippen molar-refractivity contribution < 1.29 is 9.59 Å². The Labute approximate surface area is 112 Å². The van der Waals surface area contributed by atoms with Gasteiger partial charge in [-0.2, -0.15) is 11.3 Å². The molecule has 0 bridgehead atoms. The van der Waals surface area contributed by atoms with Crippen LogP contribution in [0.25, 0.3) is 6.08 Å². The van der Waals surface area contributed by atoms with Crippen molar-refractivity contribution in [3.8, 4) is 0 Å². The van der Waals surface area contributed by atoms with Gasteiger partial charge in [0.15, 0.2) is 5.78 Å². The summed E-state index contributed by atoms with van der Waals surface area (Å²) in [6, 6.07) is 1.55. The van der Waals surface area contributed by atoms with Crippen molar-refractivity contribution in [1.82, 2.24) is 5.32 Å². The molecule has 98 valence electrons. The second kappa shape index (κ2) is 7.11. The first-order chi connectivity index (χ1) is 8.49. The van der Waals surface area contributed by atoms with Crippen molar-refractivity contribution in [2.24, 2.45) is 5.92 Å². The molecule has 0 aliphatic carbocycles. The highest BCUT2D eigenvalue weighted by atomic mass is 32.1. The molecule has 0 radical (unpaired) electrons. The predicted octanol–water partition coefficient (Wildman–Crippen LogP) is 2.88. The summed E-state index contributed by atoms with van der Waals surface area (Å²) in [5.41, 5.74) is 0.999. The van der Waals surface area contributed by atoms with Crippen molar-refractivity contribution in [3.63, 3.8) is 0 Å². The minimum absolute atomic E-state index is 0.000910. The fraction of sp³-hybridized carbons (Fsp3) is 0.429. The molecule has 3 nitrogen and oxygen atoms in total. The quantitative estimate of drug-likeness (QED) is 0.804. The molecule has 0 unspecified atom stereocenters. The Morgan fingerprint density at radius 2 is 2.17 bits per heavy atom. The number of rotatable bonds is 6. The fourth-order valence-electron chi connectivity index (χ4n) is 1.56. The number of ketones is 1. The molecule has 0 fully saturated rings. The third-order valence-corrected chi connectivity index (χ3v) is 3.19. The van der Waals surface area contributed by atoms with E-state index in [-0.39, 0.29) is 17.7 Å². The molecule has 1 amide bonds. The molecule has 4 heteroatoms. The van der Waals surface area contributed by atoms with Gasteiger partial charge in [0.05, 0.1) is 6.04 Å². The molecule has 0 spiro atoms. The van der Waals surface area contributed by atoms with Gasteiger partial charge in [-0.25, -0.2) is 0 Å². The molecule has 1 atom stereocenters. The van der Waals surface area contributed by atoms with Crippen LogP contribution in [0.1, 0.15) is 32.8 Å². The SMILES string of the molecule is CC(=O)[C@@H](CC(C)C)NC(=O)/C=C/c1ccsc1. The van der Waals surface area contributed by atoms with E-state index in [4.69, 9.17) is 0 Å². The van der Waals surface area contributed by atoms with Gasteiger partial charge < -0.3 is 5.32 Å². The molecule has 1 heterocycles. The molecule has 0 aliphatic rings. The minimum atomic E-state index is -0.385. The maximum Gasteiger partial charge on any atom is 0.244 e. The van der Waals surface area contributed by atoms with Crippen LogP contribution < -0.4 is 5.32 Å². The number of Topliss-reactive ketones (excluding diaryl/α,β-unsaturated/α-hetero) is 1. The lowest BCUT2D eigenvalue weighted by molar-refractivity contribution is -0.124. The van der Waals surface area contributed by atoms with Crippen molar-refractivity contribution >= 4 is 29.1 Å². The summed E-state index contributed by atoms with van der Waals surface area (Å²) in [5, 5.41) is 6.65. The summed E-state index contributed by atoms with van der Waals surface area (Å²) in [7, 11) is 0. The smallest absolute Gasteiger partial charge is 0.244 e. The fourth-order valence-corrected chi connectivity index (χ4v) is 2.19. The van der Waals surface area contributed by atoms with Gasteiger partial charge in [-0.1, -0.05) is 13.8 Å². The van der Waals surface area contributed by atoms with E-state index in [0.29, 0.717) is 12.3 Å². The van der Waals surface area contributed by atoms with E-state index in [1.165, 1.54) is 13.0 Å². The molecule has 1 aromatic heterocycles. The molecule has 1 rings (SSSR count). The normalized spacial score (nSPS) is 12.9. The van der Waals surface area contributed by atoms with E-state index >= 15 is 0 Å². The van der Waals surface area contributed by atoms with E-state index < -0.39 is 0 Å². The van der Waals surface area contributed by atoms with Gasteiger partial charge in [0.25, 0.3) is 0 Å². The third-order valence-electron chi connectivity index (χ3n) is 2.48. The second-order valence-corrected chi connectivity index (χ2v) is 5.47. The number of hydrogen-bond donors (Lipinski definition) is 1. The minimum Gasteiger partial charge on any atom is -0.343 e. The van der Waals surface area contributed by atoms with Gasteiger partial charge >= 0.3 is 0 Å². The zero-order valence-corrected chi connectivity index (χ0v) is 11.8. The number of carbonyl (C=O) groups is 2. The Morgan fingerprint density at radius 1 is 1.44 bits per heavy atom. The van der Waals surface area contributed by atoms with E-state index in [9.17, 15) is 9.59 Å². The lowest BCUT2D eigenvalue weighted by Crippen LogP contribution is -2.39. The van der Waals surface area contributed by atoms with Crippen molar-refractivity contribution in [2.45, 2.75) is 33.2 Å². The number of carbonyl (C=O) groups excluding carboxylic acids is 2. The molecule has 18 heavy (non-hydrogen) atoms. The Kier molecular flexibility index (Phi) is 5.78. The highest BCUT2D eigenvalue weighted by molar-refractivity contribution is 7.08. The van der Waals surface area contributed by atoms with Gasteiger partial charge in [-0.15, -0.1) is 0 Å². The number of nitrogens with one attached hydrogen (secondary N) is 1. The highest BCUT2D eigenvalue weighted by Gasteiger charge is 2.16. The first-order valence-corrected chi connectivity index (χ1v) is 6.94. The van der Waals surface area contributed by atoms with E-state index in [2.05, 4.69) is 5.32 Å². The average molecular weight is 265 g/mol. The Balaban J connectivity index is 2.53. The van der Waals surface area contributed by atoms with Crippen molar-refractivity contribution in [3.05, 3.63) is 28.5 Å². The number of thiophene rings is 1. The van der Waals surface area contributed by atoms with Crippen LogP contribution in [0.15, 0.2) is 22.9 Å². The van der Waals surface area contributed by atoms with E-state index in [0.717, 1.165) is 5.56 Å². The van der Waals surface area contributed by atoms with Crippen LogP contribution in [0.4, 0.5) is 0 Å². The molecular weight excluding hydrogens is 246 g/mol. The predicted molar refractivity (Wildman–Crippen MR) is 75.4 cm³/mol. The molecule has 1 aromatic rings. The summed E-state index contributed by atoms with van der Waals surface area (Å²) in [6.45, 7) is 5.57. The van der Waals surface area contributed by atoms with Crippen LogP contribution in [-0.2, 0) is 9.59 Å². The summed E-state index contributed by atoms with van der Waals surface area (Å²) >= 11 is 1.58. The van der Waals surface area contributed by atoms with Gasteiger partial charge in [0, 0.05) is 6.08 Å². The summed E-state index contributed by atoms with van der Waals surface area (Å²) in [5.74, 6) is 0.156. The van der Waals surface area contributed by atoms with E-state index in [1.807, 2.05) is 30.7 Å². The number of amides is 1. The Bertz CT molecular complexity index is 421. The molecule has 0 saturated heterocycles. The van der Waals surface area contributed by atoms with Gasteiger partial charge in [0.1, 0.15) is 0 Å². The van der Waals surface area contributed by atoms with Gasteiger partial charge in [0.2, 0.25) is 5.91 Å². The lowest BCUT2D eigenvalue weighted by atomic mass is 10.0. The topological polar surface area (TPSA) is 46.2 Å². The van der Waals surface area contributed by atoms with Crippen LogP contribution in [0, 0.1) is 5.92 Å². The first-order valence-electron chi connectivity index (χ1n) is 6.00. The van der Waals surface area contributed by atoms with Crippen LogP contribution in [0.2, 0.25) is 0 Å². The van der Waals surface area contributed by atoms with Gasteiger partial charge in [-0.3, -0.25) is 9.59 Å². The summed E-state index contributed by atoms with van der Waals surface area (Å²) in [4.78, 5) is 23.1. The first kappa shape index (κ1) is 14.6. The molecule has 0 saturated carbocycles. The molecule has 0 aromatic carbocycles. The van der Waals surface area contributed by atoms with Crippen LogP contribution >= 0.6 is 11.3 Å². The number of hydrogen-bond acceptors (Lipinski definition) is 3. The van der Waals surface area contributed by atoms with Crippen molar-refractivity contribution in [2.75, 3.05) is 0 Å². The van der Waals surface area contributed by atoms with Gasteiger partial charge in [-0.05, 0) is 47.7 Å². The maximum atomic E-state index is 11.7. The standard InChI is InChI=1S/C14H19NO2S/c1-10(2)8-13(11(3)16)15-14(17)5-4-12-6-7-18-9-12/h4-7,9-10,13H,8H2,1-3H3,(H,15,17)/b5-4+/t13-/m1/s1. The maximum absolute atomic E-state index is 11.7. The molecule has 1 N–H and O–H groups in total. The highest BCUT2D eigenvalue weighted by Crippen LogP contribution is 2.08. The van der Waals surface area contributed by atoms with Crippen LogP contribution in [-0.4, -0.2) is 17.7 Å². The Hall–Kier alpha value is -1.42. The Morgan fingerprint density at radius 3 is 2.67 bits per heavy atom. The molecule has 0 aliphatic heterocycles. The zero-order chi connectivity index (χ0) is 13.5. The zero-order valence-electron chi connectivity index (χ0n) is 11.0. The second-order valence-electron chi connectivity index (χ2n) is 4.69. The molecular formula is C14H19NO2S. The van der Waals surface area contributed by atoms with E-state index in [1.54, 1.807) is 17.4 Å². The third kappa shape index (κ3) is 5.27. The van der Waals surface area contributed by atoms with Crippen molar-refractivity contribution in [1.29, 1.82) is 0 Å².